The Balaban J connectivity index is 2.00. The number of amidine groups is 1. The van der Waals surface area contributed by atoms with E-state index in [2.05, 4.69) is 0 Å². The smallest absolute Gasteiger partial charge is 0.338 e. The molecule has 2 aromatic rings. The summed E-state index contributed by atoms with van der Waals surface area (Å²) in [5.74, 6) is 0.286. The van der Waals surface area contributed by atoms with E-state index in [9.17, 15) is 9.59 Å². The average Bonchev–Trinajstić information content (AvgIpc) is 3.13. The van der Waals surface area contributed by atoms with Crippen LogP contribution in [0.3, 0.4) is 0 Å². The number of methoxy groups -OCH3 is 1. The quantitative estimate of drug-likeness (QED) is 0.707. The minimum Gasteiger partial charge on any atom is -0.496 e. The monoisotopic (exact) mass is 408 g/mol. The maximum Gasteiger partial charge on any atom is 0.338 e. The maximum absolute atomic E-state index is 13.1. The van der Waals surface area contributed by atoms with Gasteiger partial charge in [-0.3, -0.25) is 9.69 Å². The second-order valence-electron chi connectivity index (χ2n) is 6.44. The van der Waals surface area contributed by atoms with Gasteiger partial charge in [0.1, 0.15) is 11.8 Å². The molecule has 0 bridgehead atoms. The summed E-state index contributed by atoms with van der Waals surface area (Å²) in [4.78, 5) is 32.2. The van der Waals surface area contributed by atoms with Crippen LogP contribution in [-0.4, -0.2) is 41.4 Å². The number of carbonyl (C=O) groups excluding carboxylic acids is 2. The molecule has 0 aromatic heterocycles. The van der Waals surface area contributed by atoms with Crippen molar-refractivity contribution in [3.8, 4) is 5.75 Å². The van der Waals surface area contributed by atoms with Gasteiger partial charge < -0.3 is 9.47 Å². The summed E-state index contributed by atoms with van der Waals surface area (Å²) in [7, 11) is 1.57. The van der Waals surface area contributed by atoms with E-state index < -0.39 is 12.0 Å². The molecule has 0 saturated carbocycles. The van der Waals surface area contributed by atoms with Crippen LogP contribution in [0.25, 0.3) is 5.70 Å². The first kappa shape index (κ1) is 19.3. The molecule has 4 rings (SSSR count). The predicted molar refractivity (Wildman–Crippen MR) is 112 cm³/mol. The second-order valence-corrected chi connectivity index (χ2v) is 7.38. The van der Waals surface area contributed by atoms with Crippen molar-refractivity contribution in [3.63, 3.8) is 0 Å². The Kier molecular flexibility index (Phi) is 5.40. The Morgan fingerprint density at radius 2 is 1.90 bits per heavy atom. The Hall–Kier alpha value is -3.06. The number of carbonyl (C=O) groups is 2. The van der Waals surface area contributed by atoms with Crippen molar-refractivity contribution in [2.24, 2.45) is 4.99 Å². The van der Waals surface area contributed by atoms with Gasteiger partial charge >= 0.3 is 5.97 Å². The van der Waals surface area contributed by atoms with E-state index in [1.165, 1.54) is 11.8 Å². The van der Waals surface area contributed by atoms with E-state index in [1.54, 1.807) is 18.9 Å². The topological polar surface area (TPSA) is 68.2 Å². The standard InChI is InChI=1S/C22H20N2O4S/c1-3-28-21(26)18-19(14-9-5-4-6-10-14)23-22-24(17(25)13-29-22)20(18)15-11-7-8-12-16(15)27-2/h4-12,20H,3,13H2,1-2H3/t20-/m0/s1. The molecule has 0 aliphatic carbocycles. The number of fused-ring (bicyclic) bond motifs is 1. The molecule has 2 aliphatic heterocycles. The first-order valence-electron chi connectivity index (χ1n) is 9.28. The number of esters is 1. The lowest BCUT2D eigenvalue weighted by Crippen LogP contribution is -2.39. The first-order valence-corrected chi connectivity index (χ1v) is 10.3. The molecule has 2 aliphatic rings. The van der Waals surface area contributed by atoms with Gasteiger partial charge in [0, 0.05) is 11.1 Å². The lowest BCUT2D eigenvalue weighted by atomic mass is 9.91. The molecular formula is C22H20N2O4S. The average molecular weight is 408 g/mol. The van der Waals surface area contributed by atoms with Gasteiger partial charge in [-0.25, -0.2) is 9.79 Å². The van der Waals surface area contributed by atoms with E-state index in [1.807, 2.05) is 54.6 Å². The highest BCUT2D eigenvalue weighted by Crippen LogP contribution is 2.45. The summed E-state index contributed by atoms with van der Waals surface area (Å²) in [6, 6.07) is 16.2. The van der Waals surface area contributed by atoms with Crippen LogP contribution in [0.1, 0.15) is 24.1 Å². The predicted octanol–water partition coefficient (Wildman–Crippen LogP) is 3.66. The molecule has 2 heterocycles. The number of hydrogen-bond donors (Lipinski definition) is 0. The zero-order valence-electron chi connectivity index (χ0n) is 16.1. The van der Waals surface area contributed by atoms with E-state index in [-0.39, 0.29) is 18.3 Å². The highest BCUT2D eigenvalue weighted by Gasteiger charge is 2.45. The Morgan fingerprint density at radius 3 is 2.62 bits per heavy atom. The lowest BCUT2D eigenvalue weighted by Gasteiger charge is -2.34. The van der Waals surface area contributed by atoms with E-state index in [4.69, 9.17) is 14.5 Å². The molecule has 1 saturated heterocycles. The molecule has 0 N–H and O–H groups in total. The number of aliphatic imine (C=N–C) groups is 1. The summed E-state index contributed by atoms with van der Waals surface area (Å²) in [6.45, 7) is 1.98. The fourth-order valence-electron chi connectivity index (χ4n) is 3.55. The Morgan fingerprint density at radius 1 is 1.17 bits per heavy atom. The zero-order valence-corrected chi connectivity index (χ0v) is 16.9. The Bertz CT molecular complexity index is 1020. The van der Waals surface area contributed by atoms with Gasteiger partial charge in [0.05, 0.1) is 30.7 Å². The number of para-hydroxylation sites is 1. The summed E-state index contributed by atoms with van der Waals surface area (Å²) < 4.78 is 10.9. The molecule has 7 heteroatoms. The molecule has 29 heavy (non-hydrogen) atoms. The number of ether oxygens (including phenoxy) is 2. The van der Waals surface area contributed by atoms with Gasteiger partial charge in [-0.2, -0.15) is 0 Å². The summed E-state index contributed by atoms with van der Waals surface area (Å²) in [5.41, 5.74) is 2.37. The Labute approximate surface area is 173 Å². The lowest BCUT2D eigenvalue weighted by molar-refractivity contribution is -0.139. The van der Waals surface area contributed by atoms with Crippen molar-refractivity contribution in [2.75, 3.05) is 19.5 Å². The van der Waals surface area contributed by atoms with E-state index >= 15 is 0 Å². The number of benzene rings is 2. The fraction of sp³-hybridized carbons (Fsp3) is 0.227. The van der Waals surface area contributed by atoms with Crippen LogP contribution in [-0.2, 0) is 14.3 Å². The molecule has 2 aromatic carbocycles. The molecule has 1 amide bonds. The molecule has 0 radical (unpaired) electrons. The van der Waals surface area contributed by atoms with Crippen molar-refractivity contribution in [2.45, 2.75) is 13.0 Å². The van der Waals surface area contributed by atoms with Crippen LogP contribution in [0.5, 0.6) is 5.75 Å². The van der Waals surface area contributed by atoms with Crippen LogP contribution < -0.4 is 4.74 Å². The van der Waals surface area contributed by atoms with Crippen LogP contribution >= 0.6 is 11.8 Å². The summed E-state index contributed by atoms with van der Waals surface area (Å²) >= 11 is 1.37. The highest BCUT2D eigenvalue weighted by molar-refractivity contribution is 8.15. The number of rotatable bonds is 5. The normalized spacial score (nSPS) is 18.4. The van der Waals surface area contributed by atoms with Crippen LogP contribution in [0, 0.1) is 0 Å². The summed E-state index contributed by atoms with van der Waals surface area (Å²) in [6.07, 6.45) is 0. The molecule has 0 unspecified atom stereocenters. The third-order valence-electron chi connectivity index (χ3n) is 4.77. The molecule has 6 nitrogen and oxygen atoms in total. The SMILES string of the molecule is CCOC(=O)C1=C(c2ccccc2)N=C2SCC(=O)N2[C@H]1c1ccccc1OC. The number of amides is 1. The molecule has 148 valence electrons. The third kappa shape index (κ3) is 3.42. The number of nitrogens with zero attached hydrogens (tertiary/aromatic N) is 2. The van der Waals surface area contributed by atoms with Crippen LogP contribution in [0.15, 0.2) is 65.2 Å². The van der Waals surface area contributed by atoms with E-state index in [0.29, 0.717) is 22.2 Å². The van der Waals surface area contributed by atoms with Crippen LogP contribution in [0.2, 0.25) is 0 Å². The number of thioether (sulfide) groups is 1. The minimum atomic E-state index is -0.671. The zero-order chi connectivity index (χ0) is 20.4. The van der Waals surface area contributed by atoms with Gasteiger partial charge in [-0.15, -0.1) is 0 Å². The summed E-state index contributed by atoms with van der Waals surface area (Å²) in [5, 5.41) is 0.581. The van der Waals surface area contributed by atoms with Gasteiger partial charge in [0.15, 0.2) is 5.17 Å². The van der Waals surface area contributed by atoms with Crippen molar-refractivity contribution in [1.82, 2.24) is 4.90 Å². The third-order valence-corrected chi connectivity index (χ3v) is 5.71. The van der Waals surface area contributed by atoms with Gasteiger partial charge in [-0.1, -0.05) is 60.3 Å². The second kappa shape index (κ2) is 8.13. The maximum atomic E-state index is 13.1. The largest absolute Gasteiger partial charge is 0.496 e. The molecule has 1 fully saturated rings. The molecular weight excluding hydrogens is 388 g/mol. The van der Waals surface area contributed by atoms with Crippen molar-refractivity contribution in [3.05, 3.63) is 71.3 Å². The van der Waals surface area contributed by atoms with Crippen molar-refractivity contribution < 1.29 is 19.1 Å². The number of hydrogen-bond acceptors (Lipinski definition) is 6. The first-order chi connectivity index (χ1) is 14.2. The van der Waals surface area contributed by atoms with Crippen molar-refractivity contribution >= 4 is 34.5 Å². The molecule has 0 spiro atoms. The van der Waals surface area contributed by atoms with Gasteiger partial charge in [-0.05, 0) is 13.0 Å². The highest BCUT2D eigenvalue weighted by atomic mass is 32.2. The van der Waals surface area contributed by atoms with Gasteiger partial charge in [0.25, 0.3) is 0 Å². The molecule has 1 atom stereocenters. The minimum absolute atomic E-state index is 0.0985. The van der Waals surface area contributed by atoms with Crippen LogP contribution in [0.4, 0.5) is 0 Å². The van der Waals surface area contributed by atoms with Crippen molar-refractivity contribution in [1.29, 1.82) is 0 Å². The fourth-order valence-corrected chi connectivity index (χ4v) is 4.44. The van der Waals surface area contributed by atoms with E-state index in [0.717, 1.165) is 11.1 Å². The van der Waals surface area contributed by atoms with Gasteiger partial charge in [0.2, 0.25) is 5.91 Å².